The molecule has 0 saturated carbocycles. The van der Waals surface area contributed by atoms with Crippen LogP contribution in [0.3, 0.4) is 0 Å². The van der Waals surface area contributed by atoms with Crippen LogP contribution in [0.2, 0.25) is 10.0 Å². The van der Waals surface area contributed by atoms with E-state index in [-0.39, 0.29) is 0 Å². The summed E-state index contributed by atoms with van der Waals surface area (Å²) in [7, 11) is 0. The highest BCUT2D eigenvalue weighted by molar-refractivity contribution is 6.31. The Labute approximate surface area is 128 Å². The zero-order chi connectivity index (χ0) is 14.1. The average molecular weight is 304 g/mol. The number of halogens is 2. The number of hydrogen-bond donors (Lipinski definition) is 0. The highest BCUT2D eigenvalue weighted by atomic mass is 35.5. The van der Waals surface area contributed by atoms with E-state index in [0.29, 0.717) is 0 Å². The Balaban J connectivity index is 2.07. The molecule has 1 aromatic heterocycles. The monoisotopic (exact) mass is 303 g/mol. The second-order valence-electron chi connectivity index (χ2n) is 4.93. The van der Waals surface area contributed by atoms with Crippen molar-refractivity contribution in [3.8, 4) is 0 Å². The Kier molecular flexibility index (Phi) is 3.73. The van der Waals surface area contributed by atoms with E-state index in [1.54, 1.807) is 0 Å². The molecule has 0 atom stereocenters. The number of rotatable bonds is 3. The lowest BCUT2D eigenvalue weighted by Gasteiger charge is -2.06. The molecule has 0 amide bonds. The molecule has 0 spiro atoms. The topological polar surface area (TPSA) is 4.93 Å². The lowest BCUT2D eigenvalue weighted by Crippen LogP contribution is -1.97. The minimum Gasteiger partial charge on any atom is -0.343 e. The van der Waals surface area contributed by atoms with Crippen LogP contribution in [0.5, 0.6) is 0 Å². The van der Waals surface area contributed by atoms with Gasteiger partial charge in [0.2, 0.25) is 0 Å². The van der Waals surface area contributed by atoms with E-state index in [2.05, 4.69) is 29.8 Å². The van der Waals surface area contributed by atoms with Crippen molar-refractivity contribution in [3.63, 3.8) is 0 Å². The number of hydrogen-bond acceptors (Lipinski definition) is 0. The number of fused-ring (bicyclic) bond motifs is 1. The molecule has 2 aromatic carbocycles. The van der Waals surface area contributed by atoms with Crippen molar-refractivity contribution < 1.29 is 0 Å². The summed E-state index contributed by atoms with van der Waals surface area (Å²) in [6.07, 6.45) is 3.21. The highest BCUT2D eigenvalue weighted by Gasteiger charge is 2.08. The van der Waals surface area contributed by atoms with Crippen LogP contribution in [0.1, 0.15) is 18.1 Å². The number of nitrogens with zero attached hydrogens (tertiary/aromatic N) is 1. The molecule has 1 heterocycles. The first-order chi connectivity index (χ1) is 9.67. The molecule has 3 rings (SSSR count). The molecule has 0 radical (unpaired) electrons. The molecule has 20 heavy (non-hydrogen) atoms. The van der Waals surface area contributed by atoms with Crippen LogP contribution in [-0.2, 0) is 13.0 Å². The predicted molar refractivity (Wildman–Crippen MR) is 86.9 cm³/mol. The minimum absolute atomic E-state index is 0.776. The van der Waals surface area contributed by atoms with Crippen LogP contribution < -0.4 is 0 Å². The summed E-state index contributed by atoms with van der Waals surface area (Å²) in [6.45, 7) is 2.98. The van der Waals surface area contributed by atoms with E-state index < -0.39 is 0 Å². The summed E-state index contributed by atoms with van der Waals surface area (Å²) in [4.78, 5) is 0. The van der Waals surface area contributed by atoms with Gasteiger partial charge >= 0.3 is 0 Å². The van der Waals surface area contributed by atoms with E-state index in [9.17, 15) is 0 Å². The van der Waals surface area contributed by atoms with Gasteiger partial charge in [-0.15, -0.1) is 0 Å². The Hall–Kier alpha value is -1.44. The molecule has 0 fully saturated rings. The van der Waals surface area contributed by atoms with Gasteiger partial charge in [0, 0.05) is 33.7 Å². The molecule has 3 heteroatoms. The third-order valence-corrected chi connectivity index (χ3v) is 4.02. The second-order valence-corrected chi connectivity index (χ2v) is 5.80. The van der Waals surface area contributed by atoms with Gasteiger partial charge in [0.05, 0.1) is 0 Å². The van der Waals surface area contributed by atoms with E-state index >= 15 is 0 Å². The Bertz CT molecular complexity index is 759. The van der Waals surface area contributed by atoms with Crippen molar-refractivity contribution in [1.29, 1.82) is 0 Å². The fourth-order valence-corrected chi connectivity index (χ4v) is 2.97. The van der Waals surface area contributed by atoms with Crippen molar-refractivity contribution in [3.05, 3.63) is 69.8 Å². The normalized spacial score (nSPS) is 11.2. The van der Waals surface area contributed by atoms with Gasteiger partial charge in [0.15, 0.2) is 0 Å². The number of aryl methyl sites for hydroxylation is 1. The van der Waals surface area contributed by atoms with Crippen LogP contribution in [0.25, 0.3) is 10.9 Å². The van der Waals surface area contributed by atoms with Crippen molar-refractivity contribution in [2.75, 3.05) is 0 Å². The third kappa shape index (κ3) is 2.56. The zero-order valence-electron chi connectivity index (χ0n) is 11.2. The summed E-state index contributed by atoms with van der Waals surface area (Å²) in [5.74, 6) is 0. The summed E-state index contributed by atoms with van der Waals surface area (Å²) < 4.78 is 2.26. The first-order valence-electron chi connectivity index (χ1n) is 6.69. The average Bonchev–Trinajstić information content (AvgIpc) is 2.76. The van der Waals surface area contributed by atoms with Crippen LogP contribution in [0.4, 0.5) is 0 Å². The first kappa shape index (κ1) is 13.5. The standard InChI is InChI=1S/C17H15Cl2N/c1-2-13-11-20(10-12-4-3-5-14(18)8-12)17-7-6-15(19)9-16(13)17/h3-9,11H,2,10H2,1H3. The SMILES string of the molecule is CCc1cn(Cc2cccc(Cl)c2)c2ccc(Cl)cc12. The maximum Gasteiger partial charge on any atom is 0.0487 e. The fraction of sp³-hybridized carbons (Fsp3) is 0.176. The molecule has 0 aliphatic heterocycles. The zero-order valence-corrected chi connectivity index (χ0v) is 12.7. The summed E-state index contributed by atoms with van der Waals surface area (Å²) in [5.41, 5.74) is 3.74. The Morgan fingerprint density at radius 2 is 1.80 bits per heavy atom. The van der Waals surface area contributed by atoms with Crippen LogP contribution in [0.15, 0.2) is 48.7 Å². The fourth-order valence-electron chi connectivity index (χ4n) is 2.59. The molecule has 1 nitrogen and oxygen atoms in total. The Morgan fingerprint density at radius 3 is 2.55 bits per heavy atom. The van der Waals surface area contributed by atoms with E-state index in [4.69, 9.17) is 23.2 Å². The summed E-state index contributed by atoms with van der Waals surface area (Å²) in [5, 5.41) is 2.80. The van der Waals surface area contributed by atoms with Crippen LogP contribution >= 0.6 is 23.2 Å². The van der Waals surface area contributed by atoms with Crippen molar-refractivity contribution in [1.82, 2.24) is 4.57 Å². The van der Waals surface area contributed by atoms with Crippen molar-refractivity contribution in [2.24, 2.45) is 0 Å². The second kappa shape index (κ2) is 5.51. The van der Waals surface area contributed by atoms with Crippen molar-refractivity contribution in [2.45, 2.75) is 19.9 Å². The van der Waals surface area contributed by atoms with Crippen LogP contribution in [-0.4, -0.2) is 4.57 Å². The molecule has 0 unspecified atom stereocenters. The summed E-state index contributed by atoms with van der Waals surface area (Å²) in [6, 6.07) is 14.1. The first-order valence-corrected chi connectivity index (χ1v) is 7.44. The number of benzene rings is 2. The van der Waals surface area contributed by atoms with Gasteiger partial charge in [-0.1, -0.05) is 42.3 Å². The van der Waals surface area contributed by atoms with Gasteiger partial charge in [0.25, 0.3) is 0 Å². The van der Waals surface area contributed by atoms with Gasteiger partial charge in [0.1, 0.15) is 0 Å². The Morgan fingerprint density at radius 1 is 1.00 bits per heavy atom. The lowest BCUT2D eigenvalue weighted by atomic mass is 10.1. The minimum atomic E-state index is 0.776. The largest absolute Gasteiger partial charge is 0.343 e. The van der Waals surface area contributed by atoms with Gasteiger partial charge in [-0.3, -0.25) is 0 Å². The molecular formula is C17H15Cl2N. The quantitative estimate of drug-likeness (QED) is 0.597. The molecule has 102 valence electrons. The lowest BCUT2D eigenvalue weighted by molar-refractivity contribution is 0.831. The van der Waals surface area contributed by atoms with Gasteiger partial charge in [-0.05, 0) is 47.9 Å². The van der Waals surface area contributed by atoms with E-state index in [0.717, 1.165) is 23.0 Å². The molecular weight excluding hydrogens is 289 g/mol. The molecule has 0 aliphatic rings. The predicted octanol–water partition coefficient (Wildman–Crippen LogP) is 5.56. The maximum absolute atomic E-state index is 6.11. The summed E-state index contributed by atoms with van der Waals surface area (Å²) >= 11 is 12.2. The molecule has 0 aliphatic carbocycles. The molecule has 0 saturated heterocycles. The van der Waals surface area contributed by atoms with Crippen molar-refractivity contribution >= 4 is 34.1 Å². The molecule has 0 N–H and O–H groups in total. The van der Waals surface area contributed by atoms with Gasteiger partial charge in [-0.2, -0.15) is 0 Å². The number of aromatic nitrogens is 1. The van der Waals surface area contributed by atoms with Crippen LogP contribution in [0, 0.1) is 0 Å². The van der Waals surface area contributed by atoms with Gasteiger partial charge < -0.3 is 4.57 Å². The third-order valence-electron chi connectivity index (χ3n) is 3.55. The molecule has 3 aromatic rings. The highest BCUT2D eigenvalue weighted by Crippen LogP contribution is 2.26. The smallest absolute Gasteiger partial charge is 0.0487 e. The molecule has 0 bridgehead atoms. The maximum atomic E-state index is 6.11. The van der Waals surface area contributed by atoms with E-state index in [1.165, 1.54) is 22.0 Å². The van der Waals surface area contributed by atoms with Gasteiger partial charge in [-0.25, -0.2) is 0 Å². The van der Waals surface area contributed by atoms with E-state index in [1.807, 2.05) is 30.3 Å².